The Morgan fingerprint density at radius 2 is 1.83 bits per heavy atom. The Kier molecular flexibility index (Phi) is 5.61. The van der Waals surface area contributed by atoms with Crippen LogP contribution in [0, 0.1) is 0 Å². The molecule has 1 amide bonds. The summed E-state index contributed by atoms with van der Waals surface area (Å²) in [5.41, 5.74) is 6.33. The number of ether oxygens (including phenoxy) is 1. The number of benzene rings is 3. The highest BCUT2D eigenvalue weighted by Gasteiger charge is 2.11. The molecule has 5 heteroatoms. The molecule has 0 spiro atoms. The quantitative estimate of drug-likeness (QED) is 0.267. The van der Waals surface area contributed by atoms with Crippen molar-refractivity contribution >= 4 is 33.9 Å². The third-order valence-corrected chi connectivity index (χ3v) is 4.98. The minimum atomic E-state index is -0.324. The van der Waals surface area contributed by atoms with Gasteiger partial charge in [0, 0.05) is 28.4 Å². The standard InChI is InChI=1S/C25H23N3O2/c1-3-15-30-24-12-8-6-10-20(24)25(29)27-26-17-18-13-14-23-21(16-18)19-9-5-7-11-22(19)28(23)4-2/h3,5-14,16-17H,1,4,15H2,2H3,(H,27,29). The van der Waals surface area contributed by atoms with Gasteiger partial charge >= 0.3 is 0 Å². The summed E-state index contributed by atoms with van der Waals surface area (Å²) in [7, 11) is 0. The van der Waals surface area contributed by atoms with Crippen molar-refractivity contribution in [2.45, 2.75) is 13.5 Å². The molecule has 0 aliphatic carbocycles. The predicted molar refractivity (Wildman–Crippen MR) is 122 cm³/mol. The molecule has 0 fully saturated rings. The molecule has 150 valence electrons. The molecule has 30 heavy (non-hydrogen) atoms. The van der Waals surface area contributed by atoms with Crippen molar-refractivity contribution in [3.8, 4) is 5.75 Å². The number of hydrogen-bond donors (Lipinski definition) is 1. The molecule has 1 heterocycles. The normalized spacial score (nSPS) is 11.2. The zero-order chi connectivity index (χ0) is 20.9. The van der Waals surface area contributed by atoms with Gasteiger partial charge in [0.15, 0.2) is 0 Å². The van der Waals surface area contributed by atoms with Crippen LogP contribution in [0.4, 0.5) is 0 Å². The van der Waals surface area contributed by atoms with Gasteiger partial charge in [-0.2, -0.15) is 5.10 Å². The van der Waals surface area contributed by atoms with Crippen LogP contribution in [0.15, 0.2) is 84.5 Å². The second-order valence-electron chi connectivity index (χ2n) is 6.83. The number of carbonyl (C=O) groups is 1. The molecule has 0 saturated heterocycles. The van der Waals surface area contributed by atoms with Gasteiger partial charge in [0.25, 0.3) is 5.91 Å². The molecule has 4 aromatic rings. The maximum Gasteiger partial charge on any atom is 0.275 e. The second kappa shape index (κ2) is 8.66. The Morgan fingerprint density at radius 3 is 2.67 bits per heavy atom. The number of aromatic nitrogens is 1. The van der Waals surface area contributed by atoms with Gasteiger partial charge in [-0.3, -0.25) is 4.79 Å². The molecule has 4 rings (SSSR count). The molecule has 0 radical (unpaired) electrons. The third-order valence-electron chi connectivity index (χ3n) is 4.98. The van der Waals surface area contributed by atoms with Crippen molar-refractivity contribution < 1.29 is 9.53 Å². The van der Waals surface area contributed by atoms with Crippen LogP contribution in [-0.2, 0) is 6.54 Å². The van der Waals surface area contributed by atoms with Gasteiger partial charge in [-0.05, 0) is 42.8 Å². The van der Waals surface area contributed by atoms with Gasteiger partial charge in [0.2, 0.25) is 0 Å². The van der Waals surface area contributed by atoms with Crippen molar-refractivity contribution in [1.29, 1.82) is 0 Å². The first kappa shape index (κ1) is 19.5. The van der Waals surface area contributed by atoms with Crippen LogP contribution in [0.3, 0.4) is 0 Å². The zero-order valence-electron chi connectivity index (χ0n) is 16.8. The number of aryl methyl sites for hydroxylation is 1. The summed E-state index contributed by atoms with van der Waals surface area (Å²) in [6.07, 6.45) is 3.29. The summed E-state index contributed by atoms with van der Waals surface area (Å²) >= 11 is 0. The van der Waals surface area contributed by atoms with Gasteiger partial charge < -0.3 is 9.30 Å². The summed E-state index contributed by atoms with van der Waals surface area (Å²) in [5, 5.41) is 6.53. The van der Waals surface area contributed by atoms with Gasteiger partial charge in [0.05, 0.1) is 11.8 Å². The monoisotopic (exact) mass is 397 g/mol. The van der Waals surface area contributed by atoms with Gasteiger partial charge in [-0.15, -0.1) is 0 Å². The summed E-state index contributed by atoms with van der Waals surface area (Å²) < 4.78 is 7.84. The fourth-order valence-corrected chi connectivity index (χ4v) is 3.65. The van der Waals surface area contributed by atoms with Crippen molar-refractivity contribution in [2.24, 2.45) is 5.10 Å². The lowest BCUT2D eigenvalue weighted by atomic mass is 10.1. The van der Waals surface area contributed by atoms with Crippen LogP contribution in [0.2, 0.25) is 0 Å². The van der Waals surface area contributed by atoms with Crippen LogP contribution >= 0.6 is 0 Å². The SMILES string of the molecule is C=CCOc1ccccc1C(=O)NN=Cc1ccc2c(c1)c1ccccc1n2CC. The minimum Gasteiger partial charge on any atom is -0.489 e. The number of para-hydroxylation sites is 2. The summed E-state index contributed by atoms with van der Waals surface area (Å²) in [6, 6.07) is 21.6. The van der Waals surface area contributed by atoms with Gasteiger partial charge in [0.1, 0.15) is 12.4 Å². The topological polar surface area (TPSA) is 55.6 Å². The molecular formula is C25H23N3O2. The smallest absolute Gasteiger partial charge is 0.275 e. The summed E-state index contributed by atoms with van der Waals surface area (Å²) in [4.78, 5) is 12.5. The highest BCUT2D eigenvalue weighted by Crippen LogP contribution is 2.29. The summed E-state index contributed by atoms with van der Waals surface area (Å²) in [6.45, 7) is 7.01. The van der Waals surface area contributed by atoms with Crippen molar-refractivity contribution in [2.75, 3.05) is 6.61 Å². The number of nitrogens with zero attached hydrogens (tertiary/aromatic N) is 2. The number of rotatable bonds is 7. The average Bonchev–Trinajstić information content (AvgIpc) is 3.11. The molecule has 0 atom stereocenters. The van der Waals surface area contributed by atoms with Crippen molar-refractivity contribution in [3.63, 3.8) is 0 Å². The second-order valence-corrected chi connectivity index (χ2v) is 6.83. The molecule has 5 nitrogen and oxygen atoms in total. The number of nitrogens with one attached hydrogen (secondary N) is 1. The Hall–Kier alpha value is -3.86. The van der Waals surface area contributed by atoms with E-state index in [-0.39, 0.29) is 5.91 Å². The van der Waals surface area contributed by atoms with Crippen LogP contribution in [0.5, 0.6) is 5.75 Å². The van der Waals surface area contributed by atoms with E-state index in [1.807, 2.05) is 12.1 Å². The van der Waals surface area contributed by atoms with E-state index in [1.165, 1.54) is 21.8 Å². The Bertz CT molecular complexity index is 1250. The van der Waals surface area contributed by atoms with E-state index in [9.17, 15) is 4.79 Å². The first-order valence-electron chi connectivity index (χ1n) is 9.90. The van der Waals surface area contributed by atoms with Gasteiger partial charge in [-0.1, -0.05) is 49.1 Å². The van der Waals surface area contributed by atoms with E-state index in [2.05, 4.69) is 65.0 Å². The highest BCUT2D eigenvalue weighted by molar-refractivity contribution is 6.09. The Morgan fingerprint density at radius 1 is 1.07 bits per heavy atom. The maximum atomic E-state index is 12.5. The number of hydrogen-bond acceptors (Lipinski definition) is 3. The molecule has 0 aliphatic rings. The Labute approximate surface area is 175 Å². The molecular weight excluding hydrogens is 374 g/mol. The van der Waals surface area contributed by atoms with Crippen LogP contribution in [-0.4, -0.2) is 23.3 Å². The van der Waals surface area contributed by atoms with Crippen LogP contribution < -0.4 is 10.2 Å². The number of carbonyl (C=O) groups excluding carboxylic acids is 1. The van der Waals surface area contributed by atoms with E-state index in [1.54, 1.807) is 30.5 Å². The lowest BCUT2D eigenvalue weighted by Gasteiger charge is -2.08. The lowest BCUT2D eigenvalue weighted by molar-refractivity contribution is 0.0951. The van der Waals surface area contributed by atoms with E-state index < -0.39 is 0 Å². The average molecular weight is 397 g/mol. The van der Waals surface area contributed by atoms with E-state index in [0.29, 0.717) is 17.9 Å². The van der Waals surface area contributed by atoms with E-state index in [0.717, 1.165) is 12.1 Å². The molecule has 0 bridgehead atoms. The van der Waals surface area contributed by atoms with Crippen molar-refractivity contribution in [1.82, 2.24) is 9.99 Å². The fourth-order valence-electron chi connectivity index (χ4n) is 3.65. The minimum absolute atomic E-state index is 0.324. The fraction of sp³-hybridized carbons (Fsp3) is 0.120. The first-order chi connectivity index (χ1) is 14.7. The lowest BCUT2D eigenvalue weighted by Crippen LogP contribution is -2.18. The predicted octanol–water partition coefficient (Wildman–Crippen LogP) is 5.14. The maximum absolute atomic E-state index is 12.5. The zero-order valence-corrected chi connectivity index (χ0v) is 16.8. The van der Waals surface area contributed by atoms with Crippen LogP contribution in [0.1, 0.15) is 22.8 Å². The van der Waals surface area contributed by atoms with Gasteiger partial charge in [-0.25, -0.2) is 5.43 Å². The molecule has 1 N–H and O–H groups in total. The molecule has 1 aromatic heterocycles. The van der Waals surface area contributed by atoms with E-state index in [4.69, 9.17) is 4.74 Å². The molecule has 0 saturated carbocycles. The van der Waals surface area contributed by atoms with Crippen molar-refractivity contribution in [3.05, 3.63) is 90.5 Å². The largest absolute Gasteiger partial charge is 0.489 e. The molecule has 3 aromatic carbocycles. The number of hydrazone groups is 1. The number of amides is 1. The molecule has 0 aliphatic heterocycles. The summed E-state index contributed by atoms with van der Waals surface area (Å²) in [5.74, 6) is 0.175. The third kappa shape index (κ3) is 3.70. The van der Waals surface area contributed by atoms with E-state index >= 15 is 0 Å². The first-order valence-corrected chi connectivity index (χ1v) is 9.90. The molecule has 0 unspecified atom stereocenters. The Balaban J connectivity index is 1.57. The van der Waals surface area contributed by atoms with Crippen LogP contribution in [0.25, 0.3) is 21.8 Å². The number of fused-ring (bicyclic) bond motifs is 3. The highest BCUT2D eigenvalue weighted by atomic mass is 16.5.